The topological polar surface area (TPSA) is 239 Å². The van der Waals surface area contributed by atoms with Gasteiger partial charge in [-0.2, -0.15) is 5.53 Å². The minimum absolute atomic E-state index is 0.0200. The number of nitrogens with zero attached hydrogens (tertiary/aromatic N) is 4. The average molecular weight is 1090 g/mol. The van der Waals surface area contributed by atoms with Crippen LogP contribution in [0.5, 0.6) is 11.5 Å². The van der Waals surface area contributed by atoms with E-state index in [0.717, 1.165) is 55.4 Å². The second kappa shape index (κ2) is 31.9. The molecule has 5 heterocycles. The van der Waals surface area contributed by atoms with E-state index in [2.05, 4.69) is 61.4 Å². The normalized spacial score (nSPS) is 23.1. The second-order valence-electron chi connectivity index (χ2n) is 19.0. The summed E-state index contributed by atoms with van der Waals surface area (Å²) in [4.78, 5) is 56.8. The fourth-order valence-corrected chi connectivity index (χ4v) is 11.1. The molecule has 0 aromatic heterocycles. The molecule has 2 aromatic rings. The third-order valence-electron chi connectivity index (χ3n) is 13.2. The number of carbonyl (C=O) groups is 4. The first-order chi connectivity index (χ1) is 36.6. The van der Waals surface area contributed by atoms with E-state index in [0.29, 0.717) is 130 Å². The highest BCUT2D eigenvalue weighted by Gasteiger charge is 2.33. The van der Waals surface area contributed by atoms with Gasteiger partial charge >= 0.3 is 12.1 Å². The molecule has 4 saturated heterocycles. The number of piperazine rings is 1. The van der Waals surface area contributed by atoms with Gasteiger partial charge in [-0.25, -0.2) is 20.0 Å². The van der Waals surface area contributed by atoms with E-state index in [1.165, 1.54) is 11.8 Å². The van der Waals surface area contributed by atoms with Crippen LogP contribution in [0.3, 0.4) is 0 Å². The van der Waals surface area contributed by atoms with Gasteiger partial charge in [0.25, 0.3) is 0 Å². The minimum Gasteiger partial charge on any atom is -0.497 e. The van der Waals surface area contributed by atoms with Crippen LogP contribution in [0.2, 0.25) is 0 Å². The van der Waals surface area contributed by atoms with Crippen LogP contribution >= 0.6 is 23.5 Å². The molecule has 5 aliphatic rings. The van der Waals surface area contributed by atoms with Gasteiger partial charge in [0.2, 0.25) is 11.8 Å². The largest absolute Gasteiger partial charge is 0.497 e. The summed E-state index contributed by atoms with van der Waals surface area (Å²) in [5.41, 5.74) is 9.03. The van der Waals surface area contributed by atoms with E-state index in [1.54, 1.807) is 43.1 Å². The van der Waals surface area contributed by atoms with E-state index in [-0.39, 0.29) is 64.5 Å². The molecule has 0 saturated carbocycles. The molecule has 7 rings (SSSR count). The van der Waals surface area contributed by atoms with Crippen molar-refractivity contribution in [3.05, 3.63) is 53.6 Å². The molecular formula is C50H79N11O12S2. The number of hydrazine groups is 2. The van der Waals surface area contributed by atoms with E-state index in [1.807, 2.05) is 28.0 Å². The van der Waals surface area contributed by atoms with Gasteiger partial charge in [0.15, 0.2) is 0 Å². The maximum Gasteiger partial charge on any atom is 0.321 e. The predicted molar refractivity (Wildman–Crippen MR) is 285 cm³/mol. The van der Waals surface area contributed by atoms with Gasteiger partial charge in [0, 0.05) is 82.2 Å². The number of carbonyl (C=O) groups excluding carboxylic acids is 4. The summed E-state index contributed by atoms with van der Waals surface area (Å²) in [6.45, 7) is 13.7. The smallest absolute Gasteiger partial charge is 0.321 e. The molecule has 2 aromatic carbocycles. The molecule has 0 aliphatic carbocycles. The Kier molecular flexibility index (Phi) is 24.8. The molecule has 5 unspecified atom stereocenters. The zero-order valence-corrected chi connectivity index (χ0v) is 45.3. The number of methoxy groups -OCH3 is 1. The third-order valence-corrected chi connectivity index (χ3v) is 15.8. The molecule has 7 N–H and O–H groups in total. The van der Waals surface area contributed by atoms with Crippen molar-refractivity contribution in [3.63, 3.8) is 0 Å². The Morgan fingerprint density at radius 3 is 2.20 bits per heavy atom. The zero-order valence-electron chi connectivity index (χ0n) is 43.7. The van der Waals surface area contributed by atoms with Crippen LogP contribution in [0.1, 0.15) is 24.5 Å². The number of rotatable bonds is 31. The van der Waals surface area contributed by atoms with Gasteiger partial charge in [-0.1, -0.05) is 13.0 Å². The van der Waals surface area contributed by atoms with Crippen LogP contribution in [-0.2, 0) is 51.0 Å². The SMILES string of the molecule is COc1ccc2c(c1)C[C@H](COCCOCCOCCOCCN1CC(COCCOCCOc3ccc(NC(=O)NC4NC(CC(=O)N5CCN(C)CC5)CS4)cc3)NN1)N(C(=O)CSC1NC(=O)NCC1C)C2. The lowest BCUT2D eigenvalue weighted by Gasteiger charge is -2.37. The van der Waals surface area contributed by atoms with Gasteiger partial charge in [-0.15, -0.1) is 23.5 Å². The summed E-state index contributed by atoms with van der Waals surface area (Å²) in [7, 11) is 3.72. The van der Waals surface area contributed by atoms with E-state index in [9.17, 15) is 19.2 Å². The minimum atomic E-state index is -0.323. The van der Waals surface area contributed by atoms with Crippen LogP contribution in [-0.4, -0.2) is 230 Å². The number of hydrogen-bond donors (Lipinski definition) is 7. The predicted octanol–water partition coefficient (Wildman–Crippen LogP) is 1.10. The van der Waals surface area contributed by atoms with E-state index >= 15 is 0 Å². The fraction of sp³-hybridized carbons (Fsp3) is 0.680. The maximum atomic E-state index is 13.6. The van der Waals surface area contributed by atoms with Crippen LogP contribution in [0.4, 0.5) is 15.3 Å². The molecule has 75 heavy (non-hydrogen) atoms. The first-order valence-electron chi connectivity index (χ1n) is 26.1. The number of urea groups is 2. The summed E-state index contributed by atoms with van der Waals surface area (Å²) in [5, 5.41) is 16.8. The molecule has 0 radical (unpaired) electrons. The van der Waals surface area contributed by atoms with Crippen molar-refractivity contribution in [1.29, 1.82) is 0 Å². The number of likely N-dealkylation sites (N-methyl/N-ethyl adjacent to an activating group) is 1. The monoisotopic (exact) mass is 1090 g/mol. The lowest BCUT2D eigenvalue weighted by molar-refractivity contribution is -0.134. The highest BCUT2D eigenvalue weighted by atomic mass is 32.2. The molecule has 4 fully saturated rings. The van der Waals surface area contributed by atoms with Crippen molar-refractivity contribution in [2.24, 2.45) is 5.92 Å². The van der Waals surface area contributed by atoms with Gasteiger partial charge in [-0.05, 0) is 61.0 Å². The Bertz CT molecular complexity index is 2070. The fourth-order valence-electron chi connectivity index (χ4n) is 8.86. The number of fused-ring (bicyclic) bond motifs is 1. The van der Waals surface area contributed by atoms with Crippen molar-refractivity contribution in [1.82, 2.24) is 51.9 Å². The summed E-state index contributed by atoms with van der Waals surface area (Å²) in [6, 6.07) is 12.6. The summed E-state index contributed by atoms with van der Waals surface area (Å²) < 4.78 is 46.0. The van der Waals surface area contributed by atoms with Gasteiger partial charge in [0.05, 0.1) is 110 Å². The van der Waals surface area contributed by atoms with Crippen LogP contribution in [0.15, 0.2) is 42.5 Å². The highest BCUT2D eigenvalue weighted by Crippen LogP contribution is 2.29. The standard InChI is InChI=1S/C50H79N11O12S2/c1-36-29-51-48(64)54-47(36)74-35-46(63)61-30-37-4-7-44(66-3)27-38(37)26-42(61)33-72-23-21-69-19-18-68-17-16-67-15-14-60-31-41(56-57-60)32-71-22-20-70-24-25-73-43-8-5-39(6-9-43)52-49(65)55-50-53-40(34-75-50)28-45(62)59-12-10-58(2)11-13-59/h4-9,27,36,40-42,47,50,53,56-57H,10-26,28-35H2,1-3H3,(H2,51,54,64)(H2,52,55,65)/t36?,40?,41?,42-,47?,50?/m1/s1. The lowest BCUT2D eigenvalue weighted by Crippen LogP contribution is -2.53. The van der Waals surface area contributed by atoms with Crippen molar-refractivity contribution in [3.8, 4) is 11.5 Å². The van der Waals surface area contributed by atoms with Crippen molar-refractivity contribution < 1.29 is 57.1 Å². The van der Waals surface area contributed by atoms with Crippen molar-refractivity contribution in [2.75, 3.05) is 163 Å². The third kappa shape index (κ3) is 20.3. The summed E-state index contributed by atoms with van der Waals surface area (Å²) in [6.07, 6.45) is 1.09. The van der Waals surface area contributed by atoms with Crippen molar-refractivity contribution in [2.45, 2.75) is 55.3 Å². The lowest BCUT2D eigenvalue weighted by atomic mass is 9.94. The number of benzene rings is 2. The van der Waals surface area contributed by atoms with Gasteiger partial charge in [0.1, 0.15) is 23.6 Å². The molecule has 0 spiro atoms. The molecular weight excluding hydrogens is 1010 g/mol. The molecule has 6 atom stereocenters. The summed E-state index contributed by atoms with van der Waals surface area (Å²) in [5.74, 6) is 2.87. The molecule has 23 nitrogen and oxygen atoms in total. The summed E-state index contributed by atoms with van der Waals surface area (Å²) >= 11 is 3.05. The Hall–Kier alpha value is -4.22. The van der Waals surface area contributed by atoms with Crippen LogP contribution in [0.25, 0.3) is 0 Å². The Morgan fingerprint density at radius 1 is 0.787 bits per heavy atom. The quantitative estimate of drug-likeness (QED) is 0.0524. The second-order valence-corrected chi connectivity index (χ2v) is 21.3. The number of hydrogen-bond acceptors (Lipinski definition) is 19. The van der Waals surface area contributed by atoms with E-state index < -0.39 is 0 Å². The van der Waals surface area contributed by atoms with Gasteiger partial charge < -0.3 is 73.9 Å². The Balaban J connectivity index is 0.629. The molecule has 418 valence electrons. The zero-order chi connectivity index (χ0) is 52.6. The molecule has 0 bridgehead atoms. The molecule has 25 heteroatoms. The maximum absolute atomic E-state index is 13.6. The van der Waals surface area contributed by atoms with Crippen molar-refractivity contribution >= 4 is 53.1 Å². The molecule has 5 aliphatic heterocycles. The molecule has 6 amide bonds. The van der Waals surface area contributed by atoms with Gasteiger partial charge in [-0.3, -0.25) is 14.9 Å². The van der Waals surface area contributed by atoms with Crippen LogP contribution in [0, 0.1) is 5.92 Å². The number of ether oxygens (including phenoxy) is 8. The average Bonchev–Trinajstić information content (AvgIpc) is 4.07. The first-order valence-corrected chi connectivity index (χ1v) is 28.2. The highest BCUT2D eigenvalue weighted by molar-refractivity contribution is 8.00. The first kappa shape index (κ1) is 58.5. The number of thioether (sulfide) groups is 2. The number of amides is 6. The van der Waals surface area contributed by atoms with E-state index in [4.69, 9.17) is 37.9 Å². The Morgan fingerprint density at radius 2 is 1.47 bits per heavy atom. The number of anilines is 1. The van der Waals surface area contributed by atoms with Crippen LogP contribution < -0.4 is 47.0 Å². The number of nitrogens with one attached hydrogen (secondary N) is 7. The Labute approximate surface area is 449 Å².